The van der Waals surface area contributed by atoms with E-state index in [0.29, 0.717) is 6.04 Å². The lowest BCUT2D eigenvalue weighted by molar-refractivity contribution is 0.397. The smallest absolute Gasteiger partial charge is 0.0145 e. The first kappa shape index (κ1) is 9.31. The quantitative estimate of drug-likeness (QED) is 0.562. The second-order valence-corrected chi connectivity index (χ2v) is 3.25. The third kappa shape index (κ3) is 3.82. The Kier molecular flexibility index (Phi) is 5.30. The van der Waals surface area contributed by atoms with Gasteiger partial charge in [-0.25, -0.2) is 4.31 Å². The average Bonchev–Trinajstić information content (AvgIpc) is 1.82. The summed E-state index contributed by atoms with van der Waals surface area (Å²) < 4.78 is 2.39. The Morgan fingerprint density at radius 2 is 2.00 bits per heavy atom. The molecule has 9 heavy (non-hydrogen) atoms. The van der Waals surface area contributed by atoms with Crippen LogP contribution in [0.25, 0.3) is 0 Å². The van der Waals surface area contributed by atoms with E-state index in [4.69, 9.17) is 0 Å². The molecule has 0 aliphatic rings. The van der Waals surface area contributed by atoms with E-state index in [1.807, 2.05) is 11.9 Å². The minimum Gasteiger partial charge on any atom is -0.248 e. The summed E-state index contributed by atoms with van der Waals surface area (Å²) in [5, 5.41) is 0. The standard InChI is InChI=1S/C7H17NS/c1-5-6-8(9-4)7(2)3/h7H,5-6H2,1-4H3. The van der Waals surface area contributed by atoms with Crippen LogP contribution in [0, 0.1) is 0 Å². The molecule has 0 aliphatic carbocycles. The Morgan fingerprint density at radius 1 is 1.44 bits per heavy atom. The summed E-state index contributed by atoms with van der Waals surface area (Å²) >= 11 is 1.84. The van der Waals surface area contributed by atoms with E-state index in [1.165, 1.54) is 13.0 Å². The van der Waals surface area contributed by atoms with Gasteiger partial charge in [0.05, 0.1) is 0 Å². The van der Waals surface area contributed by atoms with Gasteiger partial charge in [0.15, 0.2) is 0 Å². The monoisotopic (exact) mass is 147 g/mol. The van der Waals surface area contributed by atoms with Crippen LogP contribution >= 0.6 is 11.9 Å². The SMILES string of the molecule is CCCN(SC)C(C)C. The molecule has 0 aromatic heterocycles. The Labute approximate surface area is 62.9 Å². The molecule has 2 heteroatoms. The lowest BCUT2D eigenvalue weighted by atomic mass is 10.4. The van der Waals surface area contributed by atoms with Crippen LogP contribution in [0.1, 0.15) is 27.2 Å². The highest BCUT2D eigenvalue weighted by Crippen LogP contribution is 2.09. The maximum atomic E-state index is 2.39. The average molecular weight is 147 g/mol. The van der Waals surface area contributed by atoms with Crippen molar-refractivity contribution in [2.75, 3.05) is 12.8 Å². The molecule has 56 valence electrons. The molecule has 0 atom stereocenters. The molecule has 0 aliphatic heterocycles. The molecule has 0 rings (SSSR count). The van der Waals surface area contributed by atoms with Crippen LogP contribution in [0.3, 0.4) is 0 Å². The van der Waals surface area contributed by atoms with E-state index in [9.17, 15) is 0 Å². The Hall–Kier alpha value is 0.310. The van der Waals surface area contributed by atoms with Crippen molar-refractivity contribution in [1.29, 1.82) is 0 Å². The molecule has 0 bridgehead atoms. The van der Waals surface area contributed by atoms with E-state index in [0.717, 1.165) is 0 Å². The van der Waals surface area contributed by atoms with Gasteiger partial charge in [0, 0.05) is 12.6 Å². The first-order valence-electron chi connectivity index (χ1n) is 3.53. The molecule has 0 aromatic rings. The maximum absolute atomic E-state index is 2.39. The molecular formula is C7H17NS. The molecule has 0 fully saturated rings. The molecule has 0 amide bonds. The summed E-state index contributed by atoms with van der Waals surface area (Å²) in [6.45, 7) is 7.88. The summed E-state index contributed by atoms with van der Waals surface area (Å²) in [5.74, 6) is 0. The minimum atomic E-state index is 0.681. The number of nitrogens with zero attached hydrogens (tertiary/aromatic N) is 1. The zero-order valence-corrected chi connectivity index (χ0v) is 7.66. The van der Waals surface area contributed by atoms with Crippen molar-refractivity contribution >= 4 is 11.9 Å². The van der Waals surface area contributed by atoms with Crippen LogP contribution in [0.4, 0.5) is 0 Å². The third-order valence-corrected chi connectivity index (χ3v) is 2.33. The fraction of sp³-hybridized carbons (Fsp3) is 1.00. The number of rotatable bonds is 4. The van der Waals surface area contributed by atoms with Crippen molar-refractivity contribution in [2.24, 2.45) is 0 Å². The molecule has 0 saturated carbocycles. The van der Waals surface area contributed by atoms with Crippen LogP contribution < -0.4 is 0 Å². The summed E-state index contributed by atoms with van der Waals surface area (Å²) in [7, 11) is 0. The summed E-state index contributed by atoms with van der Waals surface area (Å²) in [4.78, 5) is 0. The van der Waals surface area contributed by atoms with Crippen LogP contribution in [0.15, 0.2) is 0 Å². The van der Waals surface area contributed by atoms with Gasteiger partial charge < -0.3 is 0 Å². The molecule has 0 radical (unpaired) electrons. The van der Waals surface area contributed by atoms with Crippen molar-refractivity contribution in [2.45, 2.75) is 33.2 Å². The minimum absolute atomic E-state index is 0.681. The highest BCUT2D eigenvalue weighted by atomic mass is 32.2. The third-order valence-electron chi connectivity index (χ3n) is 1.25. The second-order valence-electron chi connectivity index (χ2n) is 2.42. The second kappa shape index (κ2) is 5.12. The molecule has 0 heterocycles. The van der Waals surface area contributed by atoms with Gasteiger partial charge >= 0.3 is 0 Å². The van der Waals surface area contributed by atoms with E-state index in [1.54, 1.807) is 0 Å². The first-order valence-corrected chi connectivity index (χ1v) is 4.71. The van der Waals surface area contributed by atoms with Crippen LogP contribution in [0.5, 0.6) is 0 Å². The summed E-state index contributed by atoms with van der Waals surface area (Å²) in [6.07, 6.45) is 3.38. The van der Waals surface area contributed by atoms with Gasteiger partial charge in [0.25, 0.3) is 0 Å². The fourth-order valence-corrected chi connectivity index (χ4v) is 1.57. The van der Waals surface area contributed by atoms with Gasteiger partial charge in [-0.3, -0.25) is 0 Å². The fourth-order valence-electron chi connectivity index (χ4n) is 0.781. The van der Waals surface area contributed by atoms with Crippen LogP contribution in [-0.2, 0) is 0 Å². The predicted octanol–water partition coefficient (Wildman–Crippen LogP) is 2.38. The summed E-state index contributed by atoms with van der Waals surface area (Å²) in [5.41, 5.74) is 0. The lowest BCUT2D eigenvalue weighted by Gasteiger charge is -2.22. The van der Waals surface area contributed by atoms with Crippen molar-refractivity contribution < 1.29 is 0 Å². The van der Waals surface area contributed by atoms with E-state index < -0.39 is 0 Å². The first-order chi connectivity index (χ1) is 4.22. The Morgan fingerprint density at radius 3 is 2.11 bits per heavy atom. The molecule has 0 aromatic carbocycles. The number of hydrogen-bond acceptors (Lipinski definition) is 2. The molecule has 1 nitrogen and oxygen atoms in total. The number of hydrogen-bond donors (Lipinski definition) is 0. The van der Waals surface area contributed by atoms with Gasteiger partial charge in [-0.2, -0.15) is 0 Å². The zero-order valence-electron chi connectivity index (χ0n) is 6.85. The van der Waals surface area contributed by atoms with Crippen molar-refractivity contribution in [3.8, 4) is 0 Å². The highest BCUT2D eigenvalue weighted by molar-refractivity contribution is 7.96. The molecule has 0 spiro atoms. The van der Waals surface area contributed by atoms with Crippen molar-refractivity contribution in [1.82, 2.24) is 4.31 Å². The molecule has 0 unspecified atom stereocenters. The van der Waals surface area contributed by atoms with Crippen molar-refractivity contribution in [3.05, 3.63) is 0 Å². The van der Waals surface area contributed by atoms with Crippen molar-refractivity contribution in [3.63, 3.8) is 0 Å². The topological polar surface area (TPSA) is 3.24 Å². The van der Waals surface area contributed by atoms with Gasteiger partial charge in [-0.05, 0) is 26.5 Å². The lowest BCUT2D eigenvalue weighted by Crippen LogP contribution is -2.23. The van der Waals surface area contributed by atoms with Crippen LogP contribution in [-0.4, -0.2) is 23.1 Å². The normalized spacial score (nSPS) is 11.3. The predicted molar refractivity (Wildman–Crippen MR) is 45.6 cm³/mol. The Balaban J connectivity index is 3.41. The van der Waals surface area contributed by atoms with E-state index >= 15 is 0 Å². The highest BCUT2D eigenvalue weighted by Gasteiger charge is 2.04. The van der Waals surface area contributed by atoms with E-state index in [-0.39, 0.29) is 0 Å². The van der Waals surface area contributed by atoms with Gasteiger partial charge in [-0.15, -0.1) is 0 Å². The summed E-state index contributed by atoms with van der Waals surface area (Å²) in [6, 6.07) is 0.681. The molecular weight excluding hydrogens is 130 g/mol. The maximum Gasteiger partial charge on any atom is 0.0145 e. The van der Waals surface area contributed by atoms with Gasteiger partial charge in [-0.1, -0.05) is 18.9 Å². The molecule has 0 saturated heterocycles. The largest absolute Gasteiger partial charge is 0.248 e. The Bertz CT molecular complexity index is 63.9. The van der Waals surface area contributed by atoms with Gasteiger partial charge in [0.1, 0.15) is 0 Å². The zero-order chi connectivity index (χ0) is 7.28. The van der Waals surface area contributed by atoms with E-state index in [2.05, 4.69) is 31.3 Å². The van der Waals surface area contributed by atoms with Crippen LogP contribution in [0.2, 0.25) is 0 Å². The molecule has 0 N–H and O–H groups in total. The van der Waals surface area contributed by atoms with Gasteiger partial charge in [0.2, 0.25) is 0 Å².